The van der Waals surface area contributed by atoms with Gasteiger partial charge < -0.3 is 5.32 Å². The molecule has 0 aromatic heterocycles. The summed E-state index contributed by atoms with van der Waals surface area (Å²) in [5, 5.41) is 3.65. The molecule has 1 N–H and O–H groups in total. The van der Waals surface area contributed by atoms with E-state index >= 15 is 0 Å². The highest BCUT2D eigenvalue weighted by Crippen LogP contribution is 2.31. The third-order valence-electron chi connectivity index (χ3n) is 4.79. The molecule has 1 aromatic rings. The van der Waals surface area contributed by atoms with E-state index < -0.39 is 0 Å². The molecular weight excluding hydrogens is 251 g/mol. The molecule has 0 unspecified atom stereocenters. The van der Waals surface area contributed by atoms with Crippen molar-refractivity contribution in [1.82, 2.24) is 10.2 Å². The van der Waals surface area contributed by atoms with E-state index in [2.05, 4.69) is 37.9 Å². The van der Waals surface area contributed by atoms with Crippen molar-refractivity contribution >= 4 is 0 Å². The summed E-state index contributed by atoms with van der Waals surface area (Å²) in [4.78, 5) is 2.47. The van der Waals surface area contributed by atoms with Crippen LogP contribution in [0.2, 0.25) is 0 Å². The van der Waals surface area contributed by atoms with E-state index in [-0.39, 0.29) is 16.9 Å². The first-order valence-electron chi connectivity index (χ1n) is 7.66. The first-order valence-corrected chi connectivity index (χ1v) is 7.66. The van der Waals surface area contributed by atoms with E-state index in [9.17, 15) is 4.39 Å². The third-order valence-corrected chi connectivity index (χ3v) is 4.79. The van der Waals surface area contributed by atoms with Crippen LogP contribution in [-0.2, 0) is 6.54 Å². The van der Waals surface area contributed by atoms with E-state index in [4.69, 9.17) is 0 Å². The van der Waals surface area contributed by atoms with Gasteiger partial charge in [-0.05, 0) is 32.8 Å². The Morgan fingerprint density at radius 3 is 2.45 bits per heavy atom. The third kappa shape index (κ3) is 3.04. The first kappa shape index (κ1) is 15.5. The summed E-state index contributed by atoms with van der Waals surface area (Å²) in [6.45, 7) is 11.5. The summed E-state index contributed by atoms with van der Waals surface area (Å²) >= 11 is 0. The van der Waals surface area contributed by atoms with Crippen LogP contribution < -0.4 is 5.32 Å². The Morgan fingerprint density at radius 1 is 1.20 bits per heavy atom. The summed E-state index contributed by atoms with van der Waals surface area (Å²) in [6.07, 6.45) is 2.17. The lowest BCUT2D eigenvalue weighted by molar-refractivity contribution is 0.00164. The Kier molecular flexibility index (Phi) is 4.50. The van der Waals surface area contributed by atoms with Crippen molar-refractivity contribution in [2.45, 2.75) is 58.2 Å². The Morgan fingerprint density at radius 2 is 1.85 bits per heavy atom. The second kappa shape index (κ2) is 5.82. The second-order valence-electron chi connectivity index (χ2n) is 6.62. The Balaban J connectivity index is 2.26. The van der Waals surface area contributed by atoms with Crippen LogP contribution in [-0.4, -0.2) is 29.1 Å². The van der Waals surface area contributed by atoms with Crippen molar-refractivity contribution in [1.29, 1.82) is 0 Å². The lowest BCUT2D eigenvalue weighted by atomic mass is 9.84. The maximum Gasteiger partial charge on any atom is 0.127 e. The molecule has 3 heteroatoms. The lowest BCUT2D eigenvalue weighted by Crippen LogP contribution is -2.67. The predicted octanol–water partition coefficient (Wildman–Crippen LogP) is 3.57. The van der Waals surface area contributed by atoms with Gasteiger partial charge in [-0.25, -0.2) is 4.39 Å². The summed E-state index contributed by atoms with van der Waals surface area (Å²) < 4.78 is 14.0. The fraction of sp³-hybridized carbons (Fsp3) is 0.647. The summed E-state index contributed by atoms with van der Waals surface area (Å²) in [5.74, 6) is -0.0926. The van der Waals surface area contributed by atoms with Crippen LogP contribution in [0.15, 0.2) is 24.3 Å². The Bertz CT molecular complexity index is 452. The molecule has 0 spiro atoms. The molecule has 2 nitrogen and oxygen atoms in total. The van der Waals surface area contributed by atoms with E-state index in [1.54, 1.807) is 12.1 Å². The normalized spacial score (nSPS) is 21.9. The molecular formula is C17H27FN2. The number of halogens is 1. The average Bonchev–Trinajstić information content (AvgIpc) is 2.42. The van der Waals surface area contributed by atoms with E-state index in [1.165, 1.54) is 0 Å². The molecule has 0 atom stereocenters. The van der Waals surface area contributed by atoms with Crippen LogP contribution in [0.25, 0.3) is 0 Å². The Labute approximate surface area is 122 Å². The minimum atomic E-state index is -0.0926. The van der Waals surface area contributed by atoms with Gasteiger partial charge in [-0.1, -0.05) is 32.0 Å². The Hall–Kier alpha value is -0.930. The zero-order chi connectivity index (χ0) is 14.8. The number of nitrogens with zero attached hydrogens (tertiary/aromatic N) is 1. The molecule has 112 valence electrons. The standard InChI is InChI=1S/C17H27FN2/c1-5-17(6-2)12-19-16(3,4)13-20(17)11-14-9-7-8-10-15(14)18/h7-10,19H,5-6,11-13H2,1-4H3. The monoisotopic (exact) mass is 278 g/mol. The molecule has 1 heterocycles. The van der Waals surface area contributed by atoms with E-state index in [0.717, 1.165) is 31.5 Å². The van der Waals surface area contributed by atoms with Crippen LogP contribution in [0, 0.1) is 5.82 Å². The zero-order valence-corrected chi connectivity index (χ0v) is 13.2. The number of rotatable bonds is 4. The second-order valence-corrected chi connectivity index (χ2v) is 6.62. The van der Waals surface area contributed by atoms with Gasteiger partial charge in [-0.15, -0.1) is 0 Å². The molecule has 2 rings (SSSR count). The minimum absolute atomic E-state index is 0.0824. The minimum Gasteiger partial charge on any atom is -0.309 e. The fourth-order valence-corrected chi connectivity index (χ4v) is 3.22. The molecule has 1 aliphatic rings. The van der Waals surface area contributed by atoms with Crippen molar-refractivity contribution < 1.29 is 4.39 Å². The van der Waals surface area contributed by atoms with Crippen LogP contribution in [0.5, 0.6) is 0 Å². The van der Waals surface area contributed by atoms with Crippen LogP contribution in [0.1, 0.15) is 46.1 Å². The van der Waals surface area contributed by atoms with Gasteiger partial charge in [-0.2, -0.15) is 0 Å². The highest BCUT2D eigenvalue weighted by Gasteiger charge is 2.41. The number of hydrogen-bond acceptors (Lipinski definition) is 2. The molecule has 0 aliphatic carbocycles. The van der Waals surface area contributed by atoms with Gasteiger partial charge in [0.25, 0.3) is 0 Å². The average molecular weight is 278 g/mol. The van der Waals surface area contributed by atoms with Crippen LogP contribution in [0.3, 0.4) is 0 Å². The van der Waals surface area contributed by atoms with Crippen molar-refractivity contribution in [2.24, 2.45) is 0 Å². The summed E-state index contributed by atoms with van der Waals surface area (Å²) in [7, 11) is 0. The molecule has 0 saturated carbocycles. The van der Waals surface area contributed by atoms with Crippen molar-refractivity contribution in [3.8, 4) is 0 Å². The maximum atomic E-state index is 14.0. The molecule has 0 bridgehead atoms. The molecule has 0 amide bonds. The van der Waals surface area contributed by atoms with Crippen LogP contribution in [0.4, 0.5) is 4.39 Å². The number of piperazine rings is 1. The molecule has 1 saturated heterocycles. The zero-order valence-electron chi connectivity index (χ0n) is 13.2. The smallest absolute Gasteiger partial charge is 0.127 e. The topological polar surface area (TPSA) is 15.3 Å². The molecule has 1 aromatic carbocycles. The van der Waals surface area contributed by atoms with Gasteiger partial charge in [0.05, 0.1) is 0 Å². The maximum absolute atomic E-state index is 14.0. The van der Waals surface area contributed by atoms with Gasteiger partial charge >= 0.3 is 0 Å². The molecule has 20 heavy (non-hydrogen) atoms. The fourth-order valence-electron chi connectivity index (χ4n) is 3.22. The van der Waals surface area contributed by atoms with Gasteiger partial charge in [0, 0.05) is 36.3 Å². The van der Waals surface area contributed by atoms with Crippen molar-refractivity contribution in [3.63, 3.8) is 0 Å². The highest BCUT2D eigenvalue weighted by atomic mass is 19.1. The number of nitrogens with one attached hydrogen (secondary N) is 1. The van der Waals surface area contributed by atoms with Crippen LogP contribution >= 0.6 is 0 Å². The number of hydrogen-bond donors (Lipinski definition) is 1. The summed E-state index contributed by atoms with van der Waals surface area (Å²) in [5.41, 5.74) is 1.02. The van der Waals surface area contributed by atoms with Gasteiger partial charge in [0.1, 0.15) is 5.82 Å². The quantitative estimate of drug-likeness (QED) is 0.906. The van der Waals surface area contributed by atoms with E-state index in [0.29, 0.717) is 6.54 Å². The van der Waals surface area contributed by atoms with Gasteiger partial charge in [-0.3, -0.25) is 4.90 Å². The number of benzene rings is 1. The highest BCUT2D eigenvalue weighted by molar-refractivity contribution is 5.18. The largest absolute Gasteiger partial charge is 0.309 e. The van der Waals surface area contributed by atoms with Gasteiger partial charge in [0.2, 0.25) is 0 Å². The van der Waals surface area contributed by atoms with Crippen molar-refractivity contribution in [2.75, 3.05) is 13.1 Å². The van der Waals surface area contributed by atoms with E-state index in [1.807, 2.05) is 12.1 Å². The molecule has 0 radical (unpaired) electrons. The summed E-state index contributed by atoms with van der Waals surface area (Å²) in [6, 6.07) is 7.14. The first-order chi connectivity index (χ1) is 9.42. The molecule has 1 fully saturated rings. The van der Waals surface area contributed by atoms with Gasteiger partial charge in [0.15, 0.2) is 0 Å². The molecule has 1 aliphatic heterocycles. The SMILES string of the molecule is CCC1(CC)CNC(C)(C)CN1Cc1ccccc1F. The lowest BCUT2D eigenvalue weighted by Gasteiger charge is -2.52. The van der Waals surface area contributed by atoms with Crippen molar-refractivity contribution in [3.05, 3.63) is 35.6 Å². The predicted molar refractivity (Wildman–Crippen MR) is 82.2 cm³/mol.